The number of rotatable bonds is 6. The maximum atomic E-state index is 11.4. The molecule has 6 nitrogen and oxygen atoms in total. The second-order valence-electron chi connectivity index (χ2n) is 4.18. The van der Waals surface area contributed by atoms with E-state index in [2.05, 4.69) is 4.98 Å². The summed E-state index contributed by atoms with van der Waals surface area (Å²) in [5.74, 6) is 6.14. The Morgan fingerprint density at radius 3 is 2.43 bits per heavy atom. The van der Waals surface area contributed by atoms with Crippen molar-refractivity contribution in [3.63, 3.8) is 0 Å². The summed E-state index contributed by atoms with van der Waals surface area (Å²) >= 11 is 0. The highest BCUT2D eigenvalue weighted by Gasteiger charge is 2.06. The predicted octanol–water partition coefficient (Wildman–Crippen LogP) is 1.66. The van der Waals surface area contributed by atoms with E-state index < -0.39 is 5.91 Å². The number of aromatic nitrogens is 1. The highest BCUT2D eigenvalue weighted by atomic mass is 16.5. The molecule has 0 atom stereocenters. The molecule has 2 rings (SSSR count). The van der Waals surface area contributed by atoms with Crippen molar-refractivity contribution in [1.29, 1.82) is 0 Å². The highest BCUT2D eigenvalue weighted by molar-refractivity contribution is 5.91. The van der Waals surface area contributed by atoms with Crippen LogP contribution in [0, 0.1) is 0 Å². The van der Waals surface area contributed by atoms with E-state index >= 15 is 0 Å². The van der Waals surface area contributed by atoms with Gasteiger partial charge in [0.1, 0.15) is 23.8 Å². The number of nitrogens with two attached hydrogens (primary N) is 1. The fourth-order valence-electron chi connectivity index (χ4n) is 1.72. The normalized spacial score (nSPS) is 10.0. The van der Waals surface area contributed by atoms with Gasteiger partial charge in [0, 0.05) is 0 Å². The molecule has 2 aromatic rings. The fraction of sp³-hybridized carbons (Fsp3) is 0.200. The number of hydrazine groups is 1. The number of carbonyl (C=O) groups excluding carboxylic acids is 1. The molecule has 0 bridgehead atoms. The van der Waals surface area contributed by atoms with Gasteiger partial charge >= 0.3 is 0 Å². The number of nitrogens with zero attached hydrogens (tertiary/aromatic N) is 1. The average Bonchev–Trinajstić information content (AvgIpc) is 2.54. The van der Waals surface area contributed by atoms with Gasteiger partial charge in [-0.25, -0.2) is 10.8 Å². The Bertz CT molecular complexity index is 599. The molecule has 0 saturated carbocycles. The lowest BCUT2D eigenvalue weighted by Gasteiger charge is -2.08. The predicted molar refractivity (Wildman–Crippen MR) is 77.8 cm³/mol. The molecule has 21 heavy (non-hydrogen) atoms. The third-order valence-electron chi connectivity index (χ3n) is 2.69. The summed E-state index contributed by atoms with van der Waals surface area (Å²) in [6.07, 6.45) is 0. The number of nitrogens with one attached hydrogen (secondary N) is 1. The van der Waals surface area contributed by atoms with Crippen molar-refractivity contribution in [3.8, 4) is 11.5 Å². The first kappa shape index (κ1) is 14.8. The number of hydrogen-bond donors (Lipinski definition) is 2. The van der Waals surface area contributed by atoms with E-state index in [1.807, 2.05) is 36.6 Å². The van der Waals surface area contributed by atoms with Crippen LogP contribution in [0.15, 0.2) is 42.5 Å². The second kappa shape index (κ2) is 7.25. The van der Waals surface area contributed by atoms with E-state index in [-0.39, 0.29) is 12.3 Å². The Morgan fingerprint density at radius 2 is 1.81 bits per heavy atom. The zero-order chi connectivity index (χ0) is 15.1. The minimum Gasteiger partial charge on any atom is -0.494 e. The molecule has 0 spiro atoms. The van der Waals surface area contributed by atoms with Gasteiger partial charge < -0.3 is 9.47 Å². The number of ether oxygens (including phenoxy) is 2. The van der Waals surface area contributed by atoms with Gasteiger partial charge in [0.25, 0.3) is 5.91 Å². The van der Waals surface area contributed by atoms with Gasteiger partial charge in [-0.05, 0) is 43.3 Å². The van der Waals surface area contributed by atoms with Crippen molar-refractivity contribution in [3.05, 3.63) is 53.9 Å². The minimum absolute atomic E-state index is 0.255. The molecule has 0 aliphatic carbocycles. The zero-order valence-electron chi connectivity index (χ0n) is 11.7. The van der Waals surface area contributed by atoms with E-state index in [0.717, 1.165) is 5.75 Å². The van der Waals surface area contributed by atoms with E-state index in [1.165, 1.54) is 0 Å². The van der Waals surface area contributed by atoms with Crippen LogP contribution in [0.4, 0.5) is 0 Å². The van der Waals surface area contributed by atoms with E-state index in [1.54, 1.807) is 18.2 Å². The Kier molecular flexibility index (Phi) is 5.11. The monoisotopic (exact) mass is 287 g/mol. The van der Waals surface area contributed by atoms with Gasteiger partial charge in [-0.15, -0.1) is 0 Å². The summed E-state index contributed by atoms with van der Waals surface area (Å²) in [6, 6.07) is 12.4. The smallest absolute Gasteiger partial charge is 0.283 e. The Labute approximate surface area is 122 Å². The lowest BCUT2D eigenvalue weighted by atomic mass is 10.3. The quantitative estimate of drug-likeness (QED) is 0.479. The summed E-state index contributed by atoms with van der Waals surface area (Å²) in [5, 5.41) is 0. The third kappa shape index (κ3) is 4.19. The number of carbonyl (C=O) groups is 1. The van der Waals surface area contributed by atoms with E-state index in [0.29, 0.717) is 18.1 Å². The summed E-state index contributed by atoms with van der Waals surface area (Å²) in [7, 11) is 0. The fourth-order valence-corrected chi connectivity index (χ4v) is 1.72. The van der Waals surface area contributed by atoms with Crippen molar-refractivity contribution in [2.45, 2.75) is 13.5 Å². The van der Waals surface area contributed by atoms with Crippen molar-refractivity contribution >= 4 is 5.91 Å². The van der Waals surface area contributed by atoms with E-state index in [4.69, 9.17) is 15.3 Å². The van der Waals surface area contributed by atoms with Crippen molar-refractivity contribution in [1.82, 2.24) is 10.4 Å². The highest BCUT2D eigenvalue weighted by Crippen LogP contribution is 2.18. The number of nitrogen functional groups attached to an aromatic ring is 1. The van der Waals surface area contributed by atoms with Crippen LogP contribution >= 0.6 is 0 Å². The van der Waals surface area contributed by atoms with Gasteiger partial charge in [0.2, 0.25) is 0 Å². The molecule has 0 aliphatic rings. The Morgan fingerprint density at radius 1 is 1.14 bits per heavy atom. The molecule has 0 unspecified atom stereocenters. The lowest BCUT2D eigenvalue weighted by Crippen LogP contribution is -2.30. The van der Waals surface area contributed by atoms with Gasteiger partial charge in [-0.1, -0.05) is 6.07 Å². The van der Waals surface area contributed by atoms with Gasteiger partial charge in [-0.2, -0.15) is 0 Å². The van der Waals surface area contributed by atoms with Crippen LogP contribution in [0.3, 0.4) is 0 Å². The van der Waals surface area contributed by atoms with Crippen LogP contribution in [-0.4, -0.2) is 17.5 Å². The summed E-state index contributed by atoms with van der Waals surface area (Å²) in [4.78, 5) is 15.5. The molecule has 3 N–H and O–H groups in total. The number of amides is 1. The SMILES string of the molecule is CCOc1ccc(OCc2cccc(C(=O)NN)n2)cc1. The molecule has 1 heterocycles. The van der Waals surface area contributed by atoms with Crippen molar-refractivity contribution in [2.75, 3.05) is 6.61 Å². The molecule has 1 aromatic carbocycles. The lowest BCUT2D eigenvalue weighted by molar-refractivity contribution is 0.0948. The molecule has 0 fully saturated rings. The van der Waals surface area contributed by atoms with Crippen LogP contribution < -0.4 is 20.7 Å². The topological polar surface area (TPSA) is 86.5 Å². The average molecular weight is 287 g/mol. The minimum atomic E-state index is -0.432. The summed E-state index contributed by atoms with van der Waals surface area (Å²) in [5.41, 5.74) is 2.94. The Balaban J connectivity index is 1.97. The molecule has 0 aliphatic heterocycles. The van der Waals surface area contributed by atoms with Crippen LogP contribution in [0.1, 0.15) is 23.1 Å². The summed E-state index contributed by atoms with van der Waals surface area (Å²) < 4.78 is 11.0. The maximum absolute atomic E-state index is 11.4. The van der Waals surface area contributed by atoms with Gasteiger partial charge in [-0.3, -0.25) is 10.2 Å². The first-order valence-electron chi connectivity index (χ1n) is 6.55. The maximum Gasteiger partial charge on any atom is 0.283 e. The number of hydrogen-bond acceptors (Lipinski definition) is 5. The number of benzene rings is 1. The molecule has 1 aromatic heterocycles. The molecule has 0 saturated heterocycles. The Hall–Kier alpha value is -2.60. The third-order valence-corrected chi connectivity index (χ3v) is 2.69. The standard InChI is InChI=1S/C15H17N3O3/c1-2-20-12-6-8-13(9-7-12)21-10-11-4-3-5-14(17-11)15(19)18-16/h3-9H,2,10,16H2,1H3,(H,18,19). The van der Waals surface area contributed by atoms with Crippen molar-refractivity contribution in [2.24, 2.45) is 5.84 Å². The molecular formula is C15H17N3O3. The molecule has 1 amide bonds. The molecule has 110 valence electrons. The largest absolute Gasteiger partial charge is 0.494 e. The van der Waals surface area contributed by atoms with Gasteiger partial charge in [0.15, 0.2) is 0 Å². The van der Waals surface area contributed by atoms with Crippen LogP contribution in [0.5, 0.6) is 11.5 Å². The molecule has 0 radical (unpaired) electrons. The first-order valence-corrected chi connectivity index (χ1v) is 6.55. The zero-order valence-corrected chi connectivity index (χ0v) is 11.7. The first-order chi connectivity index (χ1) is 10.2. The van der Waals surface area contributed by atoms with Crippen LogP contribution in [0.2, 0.25) is 0 Å². The van der Waals surface area contributed by atoms with Gasteiger partial charge in [0.05, 0.1) is 12.3 Å². The number of pyridine rings is 1. The van der Waals surface area contributed by atoms with Crippen molar-refractivity contribution < 1.29 is 14.3 Å². The second-order valence-corrected chi connectivity index (χ2v) is 4.18. The van der Waals surface area contributed by atoms with Crippen LogP contribution in [-0.2, 0) is 6.61 Å². The molecule has 6 heteroatoms. The molecular weight excluding hydrogens is 270 g/mol. The van der Waals surface area contributed by atoms with E-state index in [9.17, 15) is 4.79 Å². The van der Waals surface area contributed by atoms with Crippen LogP contribution in [0.25, 0.3) is 0 Å². The summed E-state index contributed by atoms with van der Waals surface area (Å²) in [6.45, 7) is 2.82.